The van der Waals surface area contributed by atoms with Gasteiger partial charge in [0.2, 0.25) is 0 Å². The Balaban J connectivity index is 2.68. The predicted molar refractivity (Wildman–Crippen MR) is 76.1 cm³/mol. The van der Waals surface area contributed by atoms with E-state index in [0.717, 1.165) is 0 Å². The maximum Gasteiger partial charge on any atom is 0.338 e. The van der Waals surface area contributed by atoms with Crippen molar-refractivity contribution in [3.05, 3.63) is 81.1 Å². The lowest BCUT2D eigenvalue weighted by atomic mass is 10.2. The first-order chi connectivity index (χ1) is 9.56. The van der Waals surface area contributed by atoms with Crippen LogP contribution in [0.25, 0.3) is 0 Å². The molecule has 1 heterocycles. The van der Waals surface area contributed by atoms with E-state index in [1.165, 1.54) is 16.8 Å². The van der Waals surface area contributed by atoms with Crippen molar-refractivity contribution in [2.24, 2.45) is 0 Å². The minimum absolute atomic E-state index is 0.238. The van der Waals surface area contributed by atoms with E-state index in [4.69, 9.17) is 0 Å². The maximum absolute atomic E-state index is 12.3. The van der Waals surface area contributed by atoms with Crippen LogP contribution in [-0.2, 0) is 6.54 Å². The van der Waals surface area contributed by atoms with E-state index in [9.17, 15) is 14.4 Å². The van der Waals surface area contributed by atoms with Gasteiger partial charge in [-0.2, -0.15) is 4.57 Å². The SMILES string of the molecule is C=CCn1cc(C)c(=O)n(C(=O)c2ccccc2)c1=O. The van der Waals surface area contributed by atoms with Gasteiger partial charge in [-0.15, -0.1) is 6.58 Å². The van der Waals surface area contributed by atoms with Gasteiger partial charge in [-0.3, -0.25) is 14.2 Å². The van der Waals surface area contributed by atoms with Crippen molar-refractivity contribution in [3.8, 4) is 0 Å². The van der Waals surface area contributed by atoms with E-state index in [-0.39, 0.29) is 6.54 Å². The fraction of sp³-hybridized carbons (Fsp3) is 0.133. The molecule has 0 unspecified atom stereocenters. The number of allylic oxidation sites excluding steroid dienone is 1. The number of benzene rings is 1. The normalized spacial score (nSPS) is 10.2. The third-order valence-electron chi connectivity index (χ3n) is 2.88. The van der Waals surface area contributed by atoms with Gasteiger partial charge < -0.3 is 0 Å². The Morgan fingerprint density at radius 1 is 1.25 bits per heavy atom. The highest BCUT2D eigenvalue weighted by atomic mass is 16.2. The molecule has 2 aromatic rings. The average Bonchev–Trinajstić information content (AvgIpc) is 2.46. The highest BCUT2D eigenvalue weighted by Gasteiger charge is 2.16. The number of hydrogen-bond acceptors (Lipinski definition) is 3. The zero-order valence-corrected chi connectivity index (χ0v) is 11.1. The molecule has 0 bridgehead atoms. The second-order valence-electron chi connectivity index (χ2n) is 4.35. The molecule has 5 heteroatoms. The number of carbonyl (C=O) groups excluding carboxylic acids is 1. The predicted octanol–water partition coefficient (Wildman–Crippen LogP) is 1.19. The van der Waals surface area contributed by atoms with Gasteiger partial charge >= 0.3 is 5.69 Å². The van der Waals surface area contributed by atoms with Crippen LogP contribution in [0.15, 0.2) is 58.8 Å². The molecule has 2 rings (SSSR count). The lowest BCUT2D eigenvalue weighted by molar-refractivity contribution is 0.0948. The van der Waals surface area contributed by atoms with Gasteiger partial charge in [0, 0.05) is 23.9 Å². The van der Waals surface area contributed by atoms with Gasteiger partial charge in [0.1, 0.15) is 0 Å². The van der Waals surface area contributed by atoms with Gasteiger partial charge in [0.15, 0.2) is 0 Å². The third kappa shape index (κ3) is 2.38. The van der Waals surface area contributed by atoms with Gasteiger partial charge in [0.05, 0.1) is 0 Å². The summed E-state index contributed by atoms with van der Waals surface area (Å²) in [6.45, 7) is 5.35. The van der Waals surface area contributed by atoms with E-state index in [1.54, 1.807) is 37.3 Å². The molecule has 0 aliphatic rings. The Labute approximate surface area is 115 Å². The molecule has 102 valence electrons. The summed E-state index contributed by atoms with van der Waals surface area (Å²) in [6, 6.07) is 8.24. The highest BCUT2D eigenvalue weighted by Crippen LogP contribution is 2.00. The quantitative estimate of drug-likeness (QED) is 0.787. The lowest BCUT2D eigenvalue weighted by Gasteiger charge is -2.09. The number of nitrogens with zero attached hydrogens (tertiary/aromatic N) is 2. The fourth-order valence-electron chi connectivity index (χ4n) is 1.89. The molecule has 0 aliphatic heterocycles. The van der Waals surface area contributed by atoms with Crippen LogP contribution < -0.4 is 11.2 Å². The number of rotatable bonds is 3. The molecule has 0 aliphatic carbocycles. The minimum atomic E-state index is -0.658. The van der Waals surface area contributed by atoms with E-state index >= 15 is 0 Å². The summed E-state index contributed by atoms with van der Waals surface area (Å²) < 4.78 is 1.94. The van der Waals surface area contributed by atoms with Crippen LogP contribution in [0, 0.1) is 6.92 Å². The molecule has 0 N–H and O–H groups in total. The first kappa shape index (κ1) is 13.7. The summed E-state index contributed by atoms with van der Waals surface area (Å²) in [5.41, 5.74) is -0.628. The Kier molecular flexibility index (Phi) is 3.79. The molecule has 1 aromatic heterocycles. The second kappa shape index (κ2) is 5.52. The Hall–Kier alpha value is -2.69. The summed E-state index contributed by atoms with van der Waals surface area (Å²) in [5, 5.41) is 0. The monoisotopic (exact) mass is 270 g/mol. The Bertz CT molecular complexity index is 770. The first-order valence-electron chi connectivity index (χ1n) is 6.10. The van der Waals surface area contributed by atoms with Crippen molar-refractivity contribution >= 4 is 5.91 Å². The molecule has 0 saturated heterocycles. The molecule has 20 heavy (non-hydrogen) atoms. The van der Waals surface area contributed by atoms with Crippen LogP contribution in [0.4, 0.5) is 0 Å². The van der Waals surface area contributed by atoms with E-state index in [2.05, 4.69) is 6.58 Å². The average molecular weight is 270 g/mol. The van der Waals surface area contributed by atoms with Crippen molar-refractivity contribution in [1.82, 2.24) is 9.13 Å². The van der Waals surface area contributed by atoms with Crippen molar-refractivity contribution < 1.29 is 4.79 Å². The molecular weight excluding hydrogens is 256 g/mol. The molecule has 0 radical (unpaired) electrons. The molecule has 0 saturated carbocycles. The summed E-state index contributed by atoms with van der Waals surface area (Å²) in [4.78, 5) is 36.6. The molecule has 1 aromatic carbocycles. The Morgan fingerprint density at radius 2 is 1.90 bits per heavy atom. The standard InChI is InChI=1S/C15H14N2O3/c1-3-9-16-10-11(2)13(18)17(15(16)20)14(19)12-7-5-4-6-8-12/h3-8,10H,1,9H2,2H3. The first-order valence-corrected chi connectivity index (χ1v) is 6.10. The third-order valence-corrected chi connectivity index (χ3v) is 2.88. The van der Waals surface area contributed by atoms with Crippen LogP contribution in [0.3, 0.4) is 0 Å². The number of aromatic nitrogens is 2. The summed E-state index contributed by atoms with van der Waals surface area (Å²) >= 11 is 0. The van der Waals surface area contributed by atoms with Gasteiger partial charge in [-0.1, -0.05) is 24.3 Å². The fourth-order valence-corrected chi connectivity index (χ4v) is 1.89. The van der Waals surface area contributed by atoms with E-state index in [0.29, 0.717) is 15.7 Å². The second-order valence-corrected chi connectivity index (χ2v) is 4.35. The summed E-state index contributed by atoms with van der Waals surface area (Å²) in [6.07, 6.45) is 2.96. The van der Waals surface area contributed by atoms with Crippen molar-refractivity contribution in [2.45, 2.75) is 13.5 Å². The van der Waals surface area contributed by atoms with Crippen molar-refractivity contribution in [3.63, 3.8) is 0 Å². The van der Waals surface area contributed by atoms with E-state index in [1.807, 2.05) is 0 Å². The summed E-state index contributed by atoms with van der Waals surface area (Å²) in [7, 11) is 0. The van der Waals surface area contributed by atoms with Crippen LogP contribution in [0.5, 0.6) is 0 Å². The molecule has 0 amide bonds. The maximum atomic E-state index is 12.3. The number of hydrogen-bond donors (Lipinski definition) is 0. The number of carbonyl (C=O) groups is 1. The zero-order valence-electron chi connectivity index (χ0n) is 11.1. The van der Waals surface area contributed by atoms with Crippen LogP contribution in [0.1, 0.15) is 15.9 Å². The van der Waals surface area contributed by atoms with Gasteiger partial charge in [-0.25, -0.2) is 4.79 Å². The molecular formula is C15H14N2O3. The lowest BCUT2D eigenvalue weighted by Crippen LogP contribution is -2.44. The smallest absolute Gasteiger partial charge is 0.296 e. The van der Waals surface area contributed by atoms with Gasteiger partial charge in [-0.05, 0) is 19.1 Å². The molecule has 0 spiro atoms. The minimum Gasteiger partial charge on any atom is -0.296 e. The zero-order chi connectivity index (χ0) is 14.7. The topological polar surface area (TPSA) is 61.1 Å². The largest absolute Gasteiger partial charge is 0.338 e. The van der Waals surface area contributed by atoms with Crippen LogP contribution >= 0.6 is 0 Å². The molecule has 0 fully saturated rings. The summed E-state index contributed by atoms with van der Waals surface area (Å²) in [5.74, 6) is -0.623. The number of aryl methyl sites for hydroxylation is 1. The van der Waals surface area contributed by atoms with Crippen LogP contribution in [0.2, 0.25) is 0 Å². The van der Waals surface area contributed by atoms with E-state index < -0.39 is 17.2 Å². The van der Waals surface area contributed by atoms with Crippen LogP contribution in [-0.4, -0.2) is 15.0 Å². The van der Waals surface area contributed by atoms with Crippen molar-refractivity contribution in [1.29, 1.82) is 0 Å². The highest BCUT2D eigenvalue weighted by molar-refractivity contribution is 5.95. The molecule has 0 atom stereocenters. The van der Waals surface area contributed by atoms with Crippen molar-refractivity contribution in [2.75, 3.05) is 0 Å². The molecule has 5 nitrogen and oxygen atoms in total. The van der Waals surface area contributed by atoms with Gasteiger partial charge in [0.25, 0.3) is 11.5 Å². The Morgan fingerprint density at radius 3 is 2.50 bits per heavy atom.